The van der Waals surface area contributed by atoms with Crippen molar-refractivity contribution in [3.8, 4) is 5.75 Å². The van der Waals surface area contributed by atoms with Gasteiger partial charge in [0.15, 0.2) is 0 Å². The molecule has 1 aromatic carbocycles. The number of nitrogens with zero attached hydrogens (tertiary/aromatic N) is 1. The molecule has 0 unspecified atom stereocenters. The van der Waals surface area contributed by atoms with Crippen LogP contribution in [-0.2, 0) is 0 Å². The lowest BCUT2D eigenvalue weighted by molar-refractivity contribution is -0.377. The second-order valence-corrected chi connectivity index (χ2v) is 3.87. The molecule has 1 aliphatic carbocycles. The van der Waals surface area contributed by atoms with E-state index in [1.807, 2.05) is 24.3 Å². The van der Waals surface area contributed by atoms with Gasteiger partial charge in [-0.05, 0) is 42.0 Å². The van der Waals surface area contributed by atoms with Gasteiger partial charge in [-0.15, -0.1) is 0 Å². The monoisotopic (exact) mass is 257 g/mol. The van der Waals surface area contributed by atoms with E-state index in [0.717, 1.165) is 17.0 Å². The molecule has 0 amide bonds. The van der Waals surface area contributed by atoms with Crippen LogP contribution < -0.4 is 10.1 Å². The maximum atomic E-state index is 10.5. The van der Waals surface area contributed by atoms with E-state index in [9.17, 15) is 10.4 Å². The molecule has 19 heavy (non-hydrogen) atoms. The molecule has 2 rings (SSSR count). The highest BCUT2D eigenvalue weighted by atomic mass is 16.8. The smallest absolute Gasteiger partial charge is 0.222 e. The number of hydrogen-bond donors (Lipinski definition) is 1. The summed E-state index contributed by atoms with van der Waals surface area (Å²) in [4.78, 5) is -0.416. The number of rotatable bonds is 3. The Kier molecular flexibility index (Phi) is 3.87. The number of allylic oxidation sites excluding steroid dienone is 5. The Morgan fingerprint density at radius 3 is 2.21 bits per heavy atom. The average Bonchev–Trinajstić information content (AvgIpc) is 2.46. The Hall–Kier alpha value is -2.69. The van der Waals surface area contributed by atoms with E-state index >= 15 is 0 Å². The lowest BCUT2D eigenvalue weighted by Crippen LogP contribution is -2.06. The Morgan fingerprint density at radius 2 is 1.68 bits per heavy atom. The van der Waals surface area contributed by atoms with Crippen LogP contribution in [0, 0.1) is 10.4 Å². The van der Waals surface area contributed by atoms with Gasteiger partial charge in [-0.3, -0.25) is 0 Å². The van der Waals surface area contributed by atoms with Gasteiger partial charge in [0.25, 0.3) is 0 Å². The van der Waals surface area contributed by atoms with Crippen LogP contribution in [0.4, 0.5) is 5.69 Å². The molecule has 98 valence electrons. The van der Waals surface area contributed by atoms with Crippen LogP contribution in [0.3, 0.4) is 0 Å². The lowest BCUT2D eigenvalue weighted by atomic mass is 10.1. The van der Waals surface area contributed by atoms with Crippen molar-refractivity contribution < 1.29 is 9.64 Å². The van der Waals surface area contributed by atoms with Crippen LogP contribution in [0.1, 0.15) is 0 Å². The summed E-state index contributed by atoms with van der Waals surface area (Å²) in [5, 5.41) is 24.2. The number of anilines is 1. The van der Waals surface area contributed by atoms with E-state index in [0.29, 0.717) is 0 Å². The van der Waals surface area contributed by atoms with E-state index in [4.69, 9.17) is 4.74 Å². The number of benzene rings is 1. The minimum Gasteiger partial charge on any atom is -0.612 e. The highest BCUT2D eigenvalue weighted by Crippen LogP contribution is 2.16. The third kappa shape index (κ3) is 3.38. The normalized spacial score (nSPS) is 13.3. The molecule has 0 bridgehead atoms. The minimum absolute atomic E-state index is 0.0848. The molecule has 0 fully saturated rings. The molecule has 1 aliphatic rings. The van der Waals surface area contributed by atoms with E-state index < -0.39 is 4.90 Å². The van der Waals surface area contributed by atoms with Crippen molar-refractivity contribution in [3.05, 3.63) is 70.8 Å². The summed E-state index contributed by atoms with van der Waals surface area (Å²) in [6, 6.07) is 7.49. The summed E-state index contributed by atoms with van der Waals surface area (Å²) in [6.07, 6.45) is 8.11. The zero-order valence-electron chi connectivity index (χ0n) is 10.4. The van der Waals surface area contributed by atoms with Crippen molar-refractivity contribution >= 4 is 11.4 Å². The maximum Gasteiger partial charge on any atom is 0.222 e. The molecule has 0 heterocycles. The van der Waals surface area contributed by atoms with Gasteiger partial charge in [0, 0.05) is 24.0 Å². The second-order valence-electron chi connectivity index (χ2n) is 3.87. The molecule has 5 nitrogen and oxygen atoms in total. The molecule has 0 atom stereocenters. The Morgan fingerprint density at radius 1 is 1.05 bits per heavy atom. The number of hydrogen-bond acceptors (Lipinski definition) is 4. The van der Waals surface area contributed by atoms with Crippen LogP contribution in [0.15, 0.2) is 60.3 Å². The molecule has 0 aromatic heterocycles. The summed E-state index contributed by atoms with van der Waals surface area (Å²) < 4.78 is 5.07. The first-order valence-electron chi connectivity index (χ1n) is 5.67. The van der Waals surface area contributed by atoms with Crippen LogP contribution in [0.2, 0.25) is 0 Å². The van der Waals surface area contributed by atoms with Crippen LogP contribution in [0.5, 0.6) is 5.75 Å². The van der Waals surface area contributed by atoms with Gasteiger partial charge in [-0.2, -0.15) is 4.90 Å². The van der Waals surface area contributed by atoms with Gasteiger partial charge in [-0.25, -0.2) is 0 Å². The topological polar surface area (TPSA) is 70.4 Å². The fourth-order valence-electron chi connectivity index (χ4n) is 1.55. The summed E-state index contributed by atoms with van der Waals surface area (Å²) >= 11 is 0. The van der Waals surface area contributed by atoms with E-state index in [2.05, 4.69) is 5.32 Å². The van der Waals surface area contributed by atoms with Crippen molar-refractivity contribution in [2.45, 2.75) is 0 Å². The number of methoxy groups -OCH3 is 1. The first kappa shape index (κ1) is 12.8. The highest BCUT2D eigenvalue weighted by Gasteiger charge is 2.02. The SMILES string of the molecule is COc1ccc(NC=C2C=CC(=[N+]([O-])[O-])C=C2)cc1. The second kappa shape index (κ2) is 5.77. The summed E-state index contributed by atoms with van der Waals surface area (Å²) in [5.74, 6) is 0.792. The number of nitrogens with one attached hydrogen (secondary N) is 1. The summed E-state index contributed by atoms with van der Waals surface area (Å²) in [6.45, 7) is 0. The maximum absolute atomic E-state index is 10.5. The third-order valence-corrected chi connectivity index (χ3v) is 2.60. The van der Waals surface area contributed by atoms with Crippen LogP contribution in [-0.4, -0.2) is 17.7 Å². The third-order valence-electron chi connectivity index (χ3n) is 2.60. The van der Waals surface area contributed by atoms with Crippen molar-refractivity contribution in [1.82, 2.24) is 0 Å². The number of ether oxygens (including phenoxy) is 1. The fourth-order valence-corrected chi connectivity index (χ4v) is 1.55. The standard InChI is InChI=1S/C14H13N2O3/c1-19-14-8-4-12(5-9-14)15-10-11-2-6-13(7-3-11)16(17)18/h2-10,15H,1H3/q-1. The molecular formula is C14H13N2O3-. The minimum atomic E-state index is -0.416. The van der Waals surface area contributed by atoms with Gasteiger partial charge < -0.3 is 20.5 Å². The molecule has 1 aromatic rings. The zero-order valence-corrected chi connectivity index (χ0v) is 10.4. The van der Waals surface area contributed by atoms with Crippen molar-refractivity contribution in [2.24, 2.45) is 0 Å². The van der Waals surface area contributed by atoms with E-state index in [1.54, 1.807) is 25.5 Å². The predicted molar refractivity (Wildman–Crippen MR) is 75.0 cm³/mol. The predicted octanol–water partition coefficient (Wildman–Crippen LogP) is 2.57. The Bertz CT molecular complexity index is 547. The summed E-state index contributed by atoms with van der Waals surface area (Å²) in [5.41, 5.74) is 1.86. The van der Waals surface area contributed by atoms with E-state index in [1.165, 1.54) is 12.2 Å². The van der Waals surface area contributed by atoms with E-state index in [-0.39, 0.29) is 5.71 Å². The van der Waals surface area contributed by atoms with Crippen molar-refractivity contribution in [1.29, 1.82) is 0 Å². The van der Waals surface area contributed by atoms with Gasteiger partial charge in [-0.1, -0.05) is 0 Å². The van der Waals surface area contributed by atoms with Gasteiger partial charge >= 0.3 is 0 Å². The molecule has 0 saturated carbocycles. The Labute approximate surface area is 111 Å². The molecule has 0 aliphatic heterocycles. The molecule has 1 N–H and O–H groups in total. The molecule has 0 radical (unpaired) electrons. The lowest BCUT2D eigenvalue weighted by Gasteiger charge is -2.08. The summed E-state index contributed by atoms with van der Waals surface area (Å²) in [7, 11) is 1.62. The van der Waals surface area contributed by atoms with Crippen LogP contribution >= 0.6 is 0 Å². The van der Waals surface area contributed by atoms with Crippen molar-refractivity contribution in [2.75, 3.05) is 12.4 Å². The van der Waals surface area contributed by atoms with Gasteiger partial charge in [0.1, 0.15) is 5.75 Å². The van der Waals surface area contributed by atoms with Gasteiger partial charge in [0.05, 0.1) is 7.11 Å². The first-order chi connectivity index (χ1) is 9.19. The quantitative estimate of drug-likeness (QED) is 0.667. The highest BCUT2D eigenvalue weighted by molar-refractivity contribution is 6.02. The average molecular weight is 257 g/mol. The van der Waals surface area contributed by atoms with Crippen molar-refractivity contribution in [3.63, 3.8) is 0 Å². The Balaban J connectivity index is 2.02. The zero-order chi connectivity index (χ0) is 13.7. The van der Waals surface area contributed by atoms with Gasteiger partial charge in [0.2, 0.25) is 5.71 Å². The van der Waals surface area contributed by atoms with Crippen LogP contribution in [0.25, 0.3) is 0 Å². The largest absolute Gasteiger partial charge is 0.612 e. The molecule has 0 saturated heterocycles. The molecule has 5 heteroatoms. The molecular weight excluding hydrogens is 244 g/mol. The first-order valence-corrected chi connectivity index (χ1v) is 5.67. The molecule has 0 spiro atoms. The fraction of sp³-hybridized carbons (Fsp3) is 0.0714.